The molecule has 126 valence electrons. The number of benzene rings is 1. The number of amides is 1. The van der Waals surface area contributed by atoms with Gasteiger partial charge in [-0.2, -0.15) is 5.10 Å². The number of carbonyl (C=O) groups is 1. The van der Waals surface area contributed by atoms with Crippen molar-refractivity contribution in [1.82, 2.24) is 15.1 Å². The highest BCUT2D eigenvalue weighted by Gasteiger charge is 2.34. The monoisotopic (exact) mass is 329 g/mol. The highest BCUT2D eigenvalue weighted by molar-refractivity contribution is 5.97. The lowest BCUT2D eigenvalue weighted by molar-refractivity contribution is -0.385. The van der Waals surface area contributed by atoms with E-state index in [9.17, 15) is 14.9 Å². The quantitative estimate of drug-likeness (QED) is 0.672. The van der Waals surface area contributed by atoms with Crippen LogP contribution in [0.4, 0.5) is 11.4 Å². The fraction of sp³-hybridized carbons (Fsp3) is 0.375. The van der Waals surface area contributed by atoms with Gasteiger partial charge in [0.15, 0.2) is 0 Å². The predicted molar refractivity (Wildman–Crippen MR) is 89.0 cm³/mol. The molecule has 3 rings (SSSR count). The number of anilines is 1. The summed E-state index contributed by atoms with van der Waals surface area (Å²) in [7, 11) is 1.98. The third-order valence-electron chi connectivity index (χ3n) is 4.37. The van der Waals surface area contributed by atoms with E-state index in [2.05, 4.69) is 15.1 Å². The first-order valence-corrected chi connectivity index (χ1v) is 7.69. The van der Waals surface area contributed by atoms with Gasteiger partial charge in [0.1, 0.15) is 5.69 Å². The van der Waals surface area contributed by atoms with Crippen molar-refractivity contribution < 1.29 is 9.72 Å². The number of nitrogens with one attached hydrogen (secondary N) is 1. The largest absolute Gasteiger partial charge is 0.372 e. The zero-order valence-electron chi connectivity index (χ0n) is 13.8. The fourth-order valence-electron chi connectivity index (χ4n) is 3.15. The molecule has 0 saturated heterocycles. The van der Waals surface area contributed by atoms with E-state index >= 15 is 0 Å². The Kier molecular flexibility index (Phi) is 3.96. The summed E-state index contributed by atoms with van der Waals surface area (Å²) in [6.45, 7) is 4.51. The van der Waals surface area contributed by atoms with Gasteiger partial charge < -0.3 is 9.80 Å². The molecule has 0 unspecified atom stereocenters. The summed E-state index contributed by atoms with van der Waals surface area (Å²) in [5.41, 5.74) is 1.97. The number of nitro groups is 1. The van der Waals surface area contributed by atoms with Crippen LogP contribution in [0.1, 0.15) is 28.7 Å². The molecule has 1 atom stereocenters. The highest BCUT2D eigenvalue weighted by atomic mass is 16.6. The second kappa shape index (κ2) is 5.95. The maximum absolute atomic E-state index is 12.9. The standard InChI is InChI=1S/C16H19N5O3/c1-10-8-19(3)13-7-5-4-6-12(13)9-20(10)16(22)14-15(21(23)24)11(2)17-18-14/h4-7,10H,8-9H2,1-3H3,(H,17,18)/t10-/m1/s1. The van der Waals surface area contributed by atoms with Gasteiger partial charge in [0.2, 0.25) is 5.69 Å². The van der Waals surface area contributed by atoms with Crippen molar-refractivity contribution in [1.29, 1.82) is 0 Å². The number of carbonyl (C=O) groups excluding carboxylic acids is 1. The predicted octanol–water partition coefficient (Wildman–Crippen LogP) is 2.11. The number of para-hydroxylation sites is 1. The fourth-order valence-corrected chi connectivity index (χ4v) is 3.15. The summed E-state index contributed by atoms with van der Waals surface area (Å²) in [6, 6.07) is 7.75. The van der Waals surface area contributed by atoms with E-state index in [0.29, 0.717) is 13.1 Å². The lowest BCUT2D eigenvalue weighted by Gasteiger charge is -2.27. The average molecular weight is 329 g/mol. The van der Waals surface area contributed by atoms with Gasteiger partial charge in [0.05, 0.1) is 4.92 Å². The Labute approximate surface area is 139 Å². The van der Waals surface area contributed by atoms with Crippen molar-refractivity contribution in [2.24, 2.45) is 0 Å². The molecule has 1 aromatic carbocycles. The van der Waals surface area contributed by atoms with Gasteiger partial charge in [-0.1, -0.05) is 18.2 Å². The summed E-state index contributed by atoms with van der Waals surface area (Å²) in [4.78, 5) is 27.4. The van der Waals surface area contributed by atoms with Gasteiger partial charge in [-0.05, 0) is 25.5 Å². The van der Waals surface area contributed by atoms with E-state index in [1.165, 1.54) is 6.92 Å². The summed E-state index contributed by atoms with van der Waals surface area (Å²) in [5.74, 6) is -0.427. The normalized spacial score (nSPS) is 17.4. The first-order valence-electron chi connectivity index (χ1n) is 7.69. The second-order valence-electron chi connectivity index (χ2n) is 6.09. The third kappa shape index (κ3) is 2.60. The molecule has 24 heavy (non-hydrogen) atoms. The summed E-state index contributed by atoms with van der Waals surface area (Å²) < 4.78 is 0. The number of likely N-dealkylation sites (N-methyl/N-ethyl adjacent to an activating group) is 1. The summed E-state index contributed by atoms with van der Waals surface area (Å²) >= 11 is 0. The zero-order chi connectivity index (χ0) is 17.4. The van der Waals surface area contributed by atoms with Crippen molar-refractivity contribution in [3.8, 4) is 0 Å². The highest BCUT2D eigenvalue weighted by Crippen LogP contribution is 2.29. The molecule has 0 spiro atoms. The Bertz CT molecular complexity index is 801. The van der Waals surface area contributed by atoms with E-state index in [0.717, 1.165) is 11.3 Å². The van der Waals surface area contributed by atoms with E-state index in [4.69, 9.17) is 0 Å². The van der Waals surface area contributed by atoms with Crippen LogP contribution in [0.2, 0.25) is 0 Å². The lowest BCUT2D eigenvalue weighted by atomic mass is 10.1. The van der Waals surface area contributed by atoms with E-state index < -0.39 is 10.8 Å². The lowest BCUT2D eigenvalue weighted by Crippen LogP contribution is -2.42. The van der Waals surface area contributed by atoms with Crippen LogP contribution in [-0.4, -0.2) is 45.6 Å². The third-order valence-corrected chi connectivity index (χ3v) is 4.37. The minimum atomic E-state index is -0.561. The smallest absolute Gasteiger partial charge is 0.322 e. The maximum atomic E-state index is 12.9. The van der Waals surface area contributed by atoms with Crippen LogP contribution in [0.25, 0.3) is 0 Å². The number of aryl methyl sites for hydroxylation is 1. The van der Waals surface area contributed by atoms with Gasteiger partial charge in [-0.3, -0.25) is 20.0 Å². The zero-order valence-corrected chi connectivity index (χ0v) is 13.8. The molecule has 0 aliphatic carbocycles. The van der Waals surface area contributed by atoms with E-state index in [1.54, 1.807) is 4.90 Å². The van der Waals surface area contributed by atoms with Crippen LogP contribution in [0.3, 0.4) is 0 Å². The molecule has 1 aliphatic rings. The minimum Gasteiger partial charge on any atom is -0.372 e. The van der Waals surface area contributed by atoms with Crippen LogP contribution in [0, 0.1) is 17.0 Å². The number of aromatic amines is 1. The number of hydrogen-bond acceptors (Lipinski definition) is 5. The van der Waals surface area contributed by atoms with Gasteiger partial charge >= 0.3 is 5.69 Å². The molecule has 0 bridgehead atoms. The number of rotatable bonds is 2. The first kappa shape index (κ1) is 16.0. The van der Waals surface area contributed by atoms with Crippen molar-refractivity contribution in [2.75, 3.05) is 18.5 Å². The van der Waals surface area contributed by atoms with Crippen LogP contribution >= 0.6 is 0 Å². The van der Waals surface area contributed by atoms with Gasteiger partial charge in [0, 0.05) is 31.9 Å². The average Bonchev–Trinajstić information content (AvgIpc) is 2.88. The van der Waals surface area contributed by atoms with Crippen molar-refractivity contribution in [2.45, 2.75) is 26.4 Å². The molecule has 2 heterocycles. The Morgan fingerprint density at radius 2 is 2.12 bits per heavy atom. The molecule has 2 aromatic rings. The molecular formula is C16H19N5O3. The van der Waals surface area contributed by atoms with Gasteiger partial charge in [-0.15, -0.1) is 0 Å². The van der Waals surface area contributed by atoms with Gasteiger partial charge in [0.25, 0.3) is 5.91 Å². The molecule has 8 heteroatoms. The van der Waals surface area contributed by atoms with Crippen LogP contribution in [0.5, 0.6) is 0 Å². The molecule has 1 N–H and O–H groups in total. The molecule has 0 radical (unpaired) electrons. The molecular weight excluding hydrogens is 310 g/mol. The van der Waals surface area contributed by atoms with Crippen LogP contribution in [0.15, 0.2) is 24.3 Å². The number of fused-ring (bicyclic) bond motifs is 1. The van der Waals surface area contributed by atoms with E-state index in [-0.39, 0.29) is 23.1 Å². The van der Waals surface area contributed by atoms with E-state index in [1.807, 2.05) is 38.2 Å². The maximum Gasteiger partial charge on any atom is 0.322 e. The van der Waals surface area contributed by atoms with Crippen LogP contribution < -0.4 is 4.90 Å². The Balaban J connectivity index is 2.00. The Morgan fingerprint density at radius 1 is 1.42 bits per heavy atom. The number of nitrogens with zero attached hydrogens (tertiary/aromatic N) is 4. The molecule has 1 amide bonds. The second-order valence-corrected chi connectivity index (χ2v) is 6.09. The number of H-pyrrole nitrogens is 1. The number of hydrogen-bond donors (Lipinski definition) is 1. The Hall–Kier alpha value is -2.90. The SMILES string of the molecule is Cc1[nH]nc(C(=O)N2Cc3ccccc3N(C)C[C@H]2C)c1[N+](=O)[O-]. The first-order chi connectivity index (χ1) is 11.4. The Morgan fingerprint density at radius 3 is 2.83 bits per heavy atom. The summed E-state index contributed by atoms with van der Waals surface area (Å²) in [6.07, 6.45) is 0. The molecule has 0 fully saturated rings. The van der Waals surface area contributed by atoms with Crippen molar-refractivity contribution in [3.05, 3.63) is 51.3 Å². The molecule has 0 saturated carbocycles. The topological polar surface area (TPSA) is 95.4 Å². The van der Waals surface area contributed by atoms with Crippen LogP contribution in [-0.2, 0) is 6.54 Å². The van der Waals surface area contributed by atoms with Crippen molar-refractivity contribution >= 4 is 17.3 Å². The summed E-state index contributed by atoms with van der Waals surface area (Å²) in [5, 5.41) is 17.7. The molecule has 1 aliphatic heterocycles. The van der Waals surface area contributed by atoms with Crippen molar-refractivity contribution in [3.63, 3.8) is 0 Å². The number of aromatic nitrogens is 2. The molecule has 1 aromatic heterocycles. The van der Waals surface area contributed by atoms with Gasteiger partial charge in [-0.25, -0.2) is 0 Å². The molecule has 8 nitrogen and oxygen atoms in total. The minimum absolute atomic E-state index is 0.105.